The molecule has 0 saturated carbocycles. The molecule has 168 valence electrons. The molecule has 0 aliphatic carbocycles. The number of carbonyl (C=O) groups excluding carboxylic acids is 1. The van der Waals surface area contributed by atoms with Gasteiger partial charge in [-0.2, -0.15) is 0 Å². The molecule has 1 aromatic heterocycles. The molecule has 32 heavy (non-hydrogen) atoms. The van der Waals surface area contributed by atoms with E-state index < -0.39 is 5.83 Å². The molecule has 1 amide bonds. The second-order valence-electron chi connectivity index (χ2n) is 7.20. The van der Waals surface area contributed by atoms with Gasteiger partial charge in [-0.25, -0.2) is 13.8 Å². The molecule has 1 aliphatic heterocycles. The first-order valence-corrected chi connectivity index (χ1v) is 10.2. The number of morpholine rings is 1. The molecule has 0 unspecified atom stereocenters. The van der Waals surface area contributed by atoms with Crippen LogP contribution in [0.15, 0.2) is 73.1 Å². The molecule has 1 fully saturated rings. The third-order valence-electron chi connectivity index (χ3n) is 4.87. The van der Waals surface area contributed by atoms with Crippen molar-refractivity contribution >= 4 is 23.2 Å². The van der Waals surface area contributed by atoms with E-state index in [2.05, 4.69) is 28.8 Å². The normalized spacial score (nSPS) is 14.1. The van der Waals surface area contributed by atoms with E-state index >= 15 is 0 Å². The largest absolute Gasteiger partial charge is 0.378 e. The van der Waals surface area contributed by atoms with E-state index in [1.165, 1.54) is 24.3 Å². The lowest BCUT2D eigenvalue weighted by Crippen LogP contribution is -2.37. The average molecular weight is 440 g/mol. The molecule has 8 heteroatoms. The molecule has 2 N–H and O–H groups in total. The lowest BCUT2D eigenvalue weighted by molar-refractivity contribution is -0.115. The second-order valence-corrected chi connectivity index (χ2v) is 7.20. The maximum atomic E-state index is 13.6. The Hall–Kier alpha value is -3.52. The number of ether oxygens (including phenoxy) is 1. The van der Waals surface area contributed by atoms with Gasteiger partial charge in [-0.15, -0.1) is 0 Å². The number of anilines is 3. The zero-order valence-corrected chi connectivity index (χ0v) is 17.7. The molecule has 1 saturated heterocycles. The Bertz CT molecular complexity index is 1000. The summed E-state index contributed by atoms with van der Waals surface area (Å²) in [5.41, 5.74) is 1.59. The fourth-order valence-corrected chi connectivity index (χ4v) is 3.21. The number of allylic oxidation sites excluding steroid dienone is 3. The molecule has 2 heterocycles. The number of halogens is 2. The fourth-order valence-electron chi connectivity index (χ4n) is 3.21. The SMILES string of the molecule is C=C/C=C(/CC(=O)Nc1ccc(NCc2ccc(F)cc2)nc1N1CCOCC1)C(=C)F. The van der Waals surface area contributed by atoms with E-state index in [0.717, 1.165) is 5.56 Å². The van der Waals surface area contributed by atoms with Crippen LogP contribution in [-0.2, 0) is 16.1 Å². The zero-order valence-electron chi connectivity index (χ0n) is 17.7. The topological polar surface area (TPSA) is 66.5 Å². The van der Waals surface area contributed by atoms with Crippen molar-refractivity contribution in [2.75, 3.05) is 41.8 Å². The Kier molecular flexibility index (Phi) is 8.10. The van der Waals surface area contributed by atoms with Gasteiger partial charge >= 0.3 is 0 Å². The molecule has 1 aromatic carbocycles. The van der Waals surface area contributed by atoms with Crippen molar-refractivity contribution in [1.82, 2.24) is 4.98 Å². The van der Waals surface area contributed by atoms with Crippen LogP contribution in [0.3, 0.4) is 0 Å². The van der Waals surface area contributed by atoms with Crippen molar-refractivity contribution in [2.45, 2.75) is 13.0 Å². The zero-order chi connectivity index (χ0) is 22.9. The van der Waals surface area contributed by atoms with E-state index in [0.29, 0.717) is 50.2 Å². The van der Waals surface area contributed by atoms with Gasteiger partial charge in [0.15, 0.2) is 5.82 Å². The van der Waals surface area contributed by atoms with Crippen molar-refractivity contribution in [3.63, 3.8) is 0 Å². The number of benzene rings is 1. The van der Waals surface area contributed by atoms with Gasteiger partial charge in [0.05, 0.1) is 25.3 Å². The minimum absolute atomic E-state index is 0.163. The van der Waals surface area contributed by atoms with Crippen LogP contribution in [0.25, 0.3) is 0 Å². The maximum absolute atomic E-state index is 13.6. The predicted molar refractivity (Wildman–Crippen MR) is 123 cm³/mol. The number of pyridine rings is 1. The fraction of sp³-hybridized carbons (Fsp3) is 0.250. The lowest BCUT2D eigenvalue weighted by Gasteiger charge is -2.29. The molecule has 0 atom stereocenters. The Morgan fingerprint density at radius 3 is 2.56 bits per heavy atom. The summed E-state index contributed by atoms with van der Waals surface area (Å²) in [6.07, 6.45) is 2.66. The number of hydrogen-bond acceptors (Lipinski definition) is 5. The smallest absolute Gasteiger partial charge is 0.229 e. The van der Waals surface area contributed by atoms with Crippen LogP contribution >= 0.6 is 0 Å². The first-order valence-electron chi connectivity index (χ1n) is 10.2. The van der Waals surface area contributed by atoms with Gasteiger partial charge in [-0.05, 0) is 35.4 Å². The third kappa shape index (κ3) is 6.49. The van der Waals surface area contributed by atoms with Gasteiger partial charge in [-0.1, -0.05) is 37.4 Å². The van der Waals surface area contributed by atoms with Crippen molar-refractivity contribution in [3.05, 3.63) is 84.5 Å². The molecular formula is C24H26F2N4O2. The average Bonchev–Trinajstić information content (AvgIpc) is 2.79. The van der Waals surface area contributed by atoms with Crippen LogP contribution in [0, 0.1) is 5.82 Å². The van der Waals surface area contributed by atoms with Crippen molar-refractivity contribution in [2.24, 2.45) is 0 Å². The molecule has 1 aliphatic rings. The van der Waals surface area contributed by atoms with Gasteiger partial charge in [0, 0.05) is 19.6 Å². The molecule has 2 aromatic rings. The molecule has 6 nitrogen and oxygen atoms in total. The predicted octanol–water partition coefficient (Wildman–Crippen LogP) is 4.59. The number of aromatic nitrogens is 1. The number of nitrogens with zero attached hydrogens (tertiary/aromatic N) is 2. The summed E-state index contributed by atoms with van der Waals surface area (Å²) in [7, 11) is 0. The number of hydrogen-bond donors (Lipinski definition) is 2. The highest BCUT2D eigenvalue weighted by atomic mass is 19.1. The van der Waals surface area contributed by atoms with Crippen molar-refractivity contribution in [3.8, 4) is 0 Å². The summed E-state index contributed by atoms with van der Waals surface area (Å²) in [5, 5.41) is 6.04. The summed E-state index contributed by atoms with van der Waals surface area (Å²) in [5.74, 6) is -0.145. The standard InChI is InChI=1S/C24H26F2N4O2/c1-3-4-19(17(2)25)15-23(31)28-21-9-10-22(27-16-18-5-7-20(26)8-6-18)29-24(21)30-11-13-32-14-12-30/h3-10H,1-2,11-16H2,(H,27,29)(H,28,31)/b19-4-. The van der Waals surface area contributed by atoms with Crippen LogP contribution < -0.4 is 15.5 Å². The number of nitrogens with one attached hydrogen (secondary N) is 2. The maximum Gasteiger partial charge on any atom is 0.229 e. The molecule has 0 spiro atoms. The molecule has 3 rings (SSSR count). The Morgan fingerprint density at radius 1 is 1.19 bits per heavy atom. The van der Waals surface area contributed by atoms with Crippen molar-refractivity contribution < 1.29 is 18.3 Å². The molecule has 0 radical (unpaired) electrons. The minimum atomic E-state index is -0.674. The molecule has 0 bridgehead atoms. The summed E-state index contributed by atoms with van der Waals surface area (Å²) in [6.45, 7) is 9.62. The summed E-state index contributed by atoms with van der Waals surface area (Å²) in [6, 6.07) is 9.72. The first-order chi connectivity index (χ1) is 15.5. The third-order valence-corrected chi connectivity index (χ3v) is 4.87. The van der Waals surface area contributed by atoms with Crippen LogP contribution in [0.4, 0.5) is 26.1 Å². The van der Waals surface area contributed by atoms with E-state index in [1.807, 2.05) is 4.90 Å². The van der Waals surface area contributed by atoms with Crippen molar-refractivity contribution in [1.29, 1.82) is 0 Å². The summed E-state index contributed by atoms with van der Waals surface area (Å²) < 4.78 is 32.1. The van der Waals surface area contributed by atoms with Gasteiger partial charge in [0.25, 0.3) is 0 Å². The second kappa shape index (κ2) is 11.2. The van der Waals surface area contributed by atoms with Gasteiger partial charge in [0.2, 0.25) is 5.91 Å². The first kappa shape index (κ1) is 23.1. The summed E-state index contributed by atoms with van der Waals surface area (Å²) in [4.78, 5) is 19.3. The van der Waals surface area contributed by atoms with E-state index in [-0.39, 0.29) is 23.7 Å². The van der Waals surface area contributed by atoms with Crippen LogP contribution in [0.5, 0.6) is 0 Å². The number of rotatable bonds is 9. The van der Waals surface area contributed by atoms with Crippen LogP contribution in [0.2, 0.25) is 0 Å². The van der Waals surface area contributed by atoms with Gasteiger partial charge < -0.3 is 20.3 Å². The Balaban J connectivity index is 1.77. The highest BCUT2D eigenvalue weighted by molar-refractivity contribution is 5.95. The van der Waals surface area contributed by atoms with E-state index in [9.17, 15) is 13.6 Å². The highest BCUT2D eigenvalue weighted by Gasteiger charge is 2.19. The lowest BCUT2D eigenvalue weighted by atomic mass is 10.1. The Morgan fingerprint density at radius 2 is 1.91 bits per heavy atom. The quantitative estimate of drug-likeness (QED) is 0.558. The van der Waals surface area contributed by atoms with Gasteiger partial charge in [0.1, 0.15) is 17.5 Å². The molecular weight excluding hydrogens is 414 g/mol. The van der Waals surface area contributed by atoms with Gasteiger partial charge in [-0.3, -0.25) is 4.79 Å². The minimum Gasteiger partial charge on any atom is -0.378 e. The number of amides is 1. The van der Waals surface area contributed by atoms with E-state index in [1.54, 1.807) is 24.3 Å². The highest BCUT2D eigenvalue weighted by Crippen LogP contribution is 2.27. The van der Waals surface area contributed by atoms with Crippen LogP contribution in [-0.4, -0.2) is 37.2 Å². The number of carbonyl (C=O) groups is 1. The van der Waals surface area contributed by atoms with Crippen LogP contribution in [0.1, 0.15) is 12.0 Å². The monoisotopic (exact) mass is 440 g/mol. The Labute approximate surface area is 186 Å². The summed E-state index contributed by atoms with van der Waals surface area (Å²) >= 11 is 0. The van der Waals surface area contributed by atoms with E-state index in [4.69, 9.17) is 4.74 Å².